The van der Waals surface area contributed by atoms with Gasteiger partial charge in [-0.25, -0.2) is 0 Å². The van der Waals surface area contributed by atoms with Crippen LogP contribution in [-0.4, -0.2) is 12.0 Å². The molecular formula is C13H18N2. The summed E-state index contributed by atoms with van der Waals surface area (Å²) in [5.74, 6) is 6.03. The fourth-order valence-electron chi connectivity index (χ4n) is 1.66. The quantitative estimate of drug-likeness (QED) is 0.761. The first-order valence-corrected chi connectivity index (χ1v) is 5.19. The number of rotatable bonds is 3. The fourth-order valence-corrected chi connectivity index (χ4v) is 1.66. The minimum atomic E-state index is 0.304. The first kappa shape index (κ1) is 11.7. The van der Waals surface area contributed by atoms with Gasteiger partial charge in [0, 0.05) is 23.9 Å². The van der Waals surface area contributed by atoms with Crippen molar-refractivity contribution in [1.29, 1.82) is 0 Å². The van der Waals surface area contributed by atoms with Gasteiger partial charge in [0.1, 0.15) is 0 Å². The SMILES string of the molecule is CC#CCC(NC)c1cc(C)nc(C)c1. The Morgan fingerprint density at radius 1 is 1.33 bits per heavy atom. The predicted molar refractivity (Wildman–Crippen MR) is 63.6 cm³/mol. The predicted octanol–water partition coefficient (Wildman–Crippen LogP) is 2.37. The molecule has 1 heterocycles. The van der Waals surface area contributed by atoms with E-state index >= 15 is 0 Å². The summed E-state index contributed by atoms with van der Waals surface area (Å²) in [6, 6.07) is 4.54. The van der Waals surface area contributed by atoms with Crippen LogP contribution in [0.2, 0.25) is 0 Å². The van der Waals surface area contributed by atoms with Gasteiger partial charge in [-0.15, -0.1) is 11.8 Å². The number of hydrogen-bond donors (Lipinski definition) is 1. The van der Waals surface area contributed by atoms with E-state index in [4.69, 9.17) is 0 Å². The summed E-state index contributed by atoms with van der Waals surface area (Å²) in [5, 5.41) is 3.28. The Hall–Kier alpha value is -1.33. The summed E-state index contributed by atoms with van der Waals surface area (Å²) < 4.78 is 0. The van der Waals surface area contributed by atoms with E-state index in [0.29, 0.717) is 6.04 Å². The summed E-state index contributed by atoms with van der Waals surface area (Å²) in [7, 11) is 1.97. The highest BCUT2D eigenvalue weighted by molar-refractivity contribution is 5.24. The standard InChI is InChI=1S/C13H18N2/c1-5-6-7-13(14-4)12-8-10(2)15-11(3)9-12/h8-9,13-14H,7H2,1-4H3. The molecule has 15 heavy (non-hydrogen) atoms. The number of aryl methyl sites for hydroxylation is 2. The molecule has 1 aromatic heterocycles. The molecule has 1 rings (SSSR count). The smallest absolute Gasteiger partial charge is 0.0429 e. The van der Waals surface area contributed by atoms with E-state index in [0.717, 1.165) is 17.8 Å². The first-order valence-electron chi connectivity index (χ1n) is 5.19. The zero-order chi connectivity index (χ0) is 11.3. The molecule has 2 heteroatoms. The topological polar surface area (TPSA) is 24.9 Å². The van der Waals surface area contributed by atoms with Crippen molar-refractivity contribution in [3.05, 3.63) is 29.1 Å². The molecule has 2 nitrogen and oxygen atoms in total. The summed E-state index contributed by atoms with van der Waals surface area (Å²) in [4.78, 5) is 4.37. The number of nitrogens with one attached hydrogen (secondary N) is 1. The lowest BCUT2D eigenvalue weighted by Gasteiger charge is -2.14. The van der Waals surface area contributed by atoms with Crippen molar-refractivity contribution in [1.82, 2.24) is 10.3 Å². The van der Waals surface area contributed by atoms with Crippen molar-refractivity contribution in [3.63, 3.8) is 0 Å². The van der Waals surface area contributed by atoms with E-state index in [2.05, 4.69) is 34.3 Å². The van der Waals surface area contributed by atoms with Crippen molar-refractivity contribution in [2.75, 3.05) is 7.05 Å². The lowest BCUT2D eigenvalue weighted by atomic mass is 10.0. The lowest BCUT2D eigenvalue weighted by molar-refractivity contribution is 0.609. The van der Waals surface area contributed by atoms with Crippen LogP contribution in [0.25, 0.3) is 0 Å². The number of aromatic nitrogens is 1. The molecule has 0 spiro atoms. The van der Waals surface area contributed by atoms with Crippen LogP contribution in [0.5, 0.6) is 0 Å². The highest BCUT2D eigenvalue weighted by Crippen LogP contribution is 2.17. The van der Waals surface area contributed by atoms with E-state index in [-0.39, 0.29) is 0 Å². The van der Waals surface area contributed by atoms with Crippen molar-refractivity contribution in [2.45, 2.75) is 33.2 Å². The van der Waals surface area contributed by atoms with Gasteiger partial charge in [-0.05, 0) is 45.5 Å². The van der Waals surface area contributed by atoms with Crippen molar-refractivity contribution in [3.8, 4) is 11.8 Å². The highest BCUT2D eigenvalue weighted by Gasteiger charge is 2.08. The third-order valence-corrected chi connectivity index (χ3v) is 2.34. The summed E-state index contributed by atoms with van der Waals surface area (Å²) in [5.41, 5.74) is 3.40. The maximum atomic E-state index is 4.37. The minimum Gasteiger partial charge on any atom is -0.312 e. The van der Waals surface area contributed by atoms with Crippen LogP contribution in [0.1, 0.15) is 36.3 Å². The van der Waals surface area contributed by atoms with Gasteiger partial charge in [0.15, 0.2) is 0 Å². The largest absolute Gasteiger partial charge is 0.312 e. The Bertz CT molecular complexity index is 365. The second-order valence-corrected chi connectivity index (χ2v) is 3.66. The van der Waals surface area contributed by atoms with E-state index in [1.165, 1.54) is 5.56 Å². The van der Waals surface area contributed by atoms with E-state index in [1.54, 1.807) is 0 Å². The second-order valence-electron chi connectivity index (χ2n) is 3.66. The zero-order valence-corrected chi connectivity index (χ0v) is 9.89. The van der Waals surface area contributed by atoms with E-state index in [9.17, 15) is 0 Å². The van der Waals surface area contributed by atoms with Gasteiger partial charge < -0.3 is 5.32 Å². The highest BCUT2D eigenvalue weighted by atomic mass is 14.9. The van der Waals surface area contributed by atoms with Gasteiger partial charge in [-0.1, -0.05) is 0 Å². The fraction of sp³-hybridized carbons (Fsp3) is 0.462. The summed E-state index contributed by atoms with van der Waals surface area (Å²) in [6.45, 7) is 5.92. The van der Waals surface area contributed by atoms with Crippen LogP contribution < -0.4 is 5.32 Å². The van der Waals surface area contributed by atoms with Gasteiger partial charge in [-0.2, -0.15) is 0 Å². The maximum absolute atomic E-state index is 4.37. The van der Waals surface area contributed by atoms with E-state index in [1.807, 2.05) is 27.8 Å². The first-order chi connectivity index (χ1) is 7.17. The number of nitrogens with zero attached hydrogens (tertiary/aromatic N) is 1. The van der Waals surface area contributed by atoms with Crippen LogP contribution in [0.15, 0.2) is 12.1 Å². The van der Waals surface area contributed by atoms with Crippen molar-refractivity contribution in [2.24, 2.45) is 0 Å². The molecule has 0 fully saturated rings. The third kappa shape index (κ3) is 3.38. The molecule has 0 aliphatic carbocycles. The molecule has 0 saturated heterocycles. The van der Waals surface area contributed by atoms with Crippen LogP contribution in [0.3, 0.4) is 0 Å². The molecular weight excluding hydrogens is 184 g/mol. The molecule has 1 unspecified atom stereocenters. The van der Waals surface area contributed by atoms with Crippen LogP contribution >= 0.6 is 0 Å². The maximum Gasteiger partial charge on any atom is 0.0429 e. The minimum absolute atomic E-state index is 0.304. The Labute approximate surface area is 92.1 Å². The molecule has 0 aromatic carbocycles. The van der Waals surface area contributed by atoms with Gasteiger partial charge >= 0.3 is 0 Å². The van der Waals surface area contributed by atoms with Gasteiger partial charge in [0.25, 0.3) is 0 Å². The Balaban J connectivity index is 2.93. The molecule has 0 aliphatic heterocycles. The molecule has 0 amide bonds. The molecule has 1 atom stereocenters. The normalized spacial score (nSPS) is 11.7. The lowest BCUT2D eigenvalue weighted by Crippen LogP contribution is -2.16. The Kier molecular flexibility index (Phi) is 4.33. The molecule has 0 radical (unpaired) electrons. The Morgan fingerprint density at radius 2 is 1.93 bits per heavy atom. The van der Waals surface area contributed by atoms with Crippen molar-refractivity contribution < 1.29 is 0 Å². The molecule has 1 aromatic rings. The molecule has 0 bridgehead atoms. The molecule has 0 saturated carbocycles. The number of pyridine rings is 1. The monoisotopic (exact) mass is 202 g/mol. The van der Waals surface area contributed by atoms with Gasteiger partial charge in [0.2, 0.25) is 0 Å². The molecule has 1 N–H and O–H groups in total. The van der Waals surface area contributed by atoms with E-state index < -0.39 is 0 Å². The molecule has 0 aliphatic rings. The molecule has 80 valence electrons. The average Bonchev–Trinajstić information content (AvgIpc) is 2.17. The van der Waals surface area contributed by atoms with Crippen molar-refractivity contribution >= 4 is 0 Å². The summed E-state index contributed by atoms with van der Waals surface area (Å²) in [6.07, 6.45) is 0.843. The average molecular weight is 202 g/mol. The zero-order valence-electron chi connectivity index (χ0n) is 9.89. The Morgan fingerprint density at radius 3 is 2.40 bits per heavy atom. The number of hydrogen-bond acceptors (Lipinski definition) is 2. The van der Waals surface area contributed by atoms with Crippen LogP contribution in [0.4, 0.5) is 0 Å². The third-order valence-electron chi connectivity index (χ3n) is 2.34. The van der Waals surface area contributed by atoms with Gasteiger partial charge in [-0.3, -0.25) is 4.98 Å². The second kappa shape index (κ2) is 5.53. The summed E-state index contributed by atoms with van der Waals surface area (Å²) >= 11 is 0. The van der Waals surface area contributed by atoms with Crippen LogP contribution in [-0.2, 0) is 0 Å². The van der Waals surface area contributed by atoms with Crippen LogP contribution in [0, 0.1) is 25.7 Å². The van der Waals surface area contributed by atoms with Gasteiger partial charge in [0.05, 0.1) is 0 Å².